The van der Waals surface area contributed by atoms with Crippen LogP contribution in [0.25, 0.3) is 0 Å². The number of hydrogen-bond donors (Lipinski definition) is 2. The highest BCUT2D eigenvalue weighted by Gasteiger charge is 2.22. The van der Waals surface area contributed by atoms with E-state index in [4.69, 9.17) is 16.2 Å². The monoisotopic (exact) mass is 387 g/mol. The highest BCUT2D eigenvalue weighted by molar-refractivity contribution is 5.87. The molecule has 4 N–H and O–H groups in total. The maximum Gasteiger partial charge on any atom is 0.437 e. The summed E-state index contributed by atoms with van der Waals surface area (Å²) in [6.45, 7) is 4.28. The number of carbonyl (C=O) groups is 1. The van der Waals surface area contributed by atoms with Crippen LogP contribution in [0.2, 0.25) is 0 Å². The van der Waals surface area contributed by atoms with Gasteiger partial charge in [-0.1, -0.05) is 12.1 Å². The fourth-order valence-electron chi connectivity index (χ4n) is 3.00. The van der Waals surface area contributed by atoms with Crippen LogP contribution in [0.1, 0.15) is 11.4 Å². The quantitative estimate of drug-likeness (QED) is 0.592. The normalized spacial score (nSPS) is 13.9. The molecular weight excluding hydrogens is 365 g/mol. The van der Waals surface area contributed by atoms with Crippen molar-refractivity contribution in [2.45, 2.75) is 13.5 Å². The number of carbonyl (C=O) groups excluding carboxylic acids is 1. The van der Waals surface area contributed by atoms with E-state index in [0.717, 1.165) is 5.82 Å². The first-order valence-corrected chi connectivity index (χ1v) is 8.77. The molecule has 3 rings (SSSR count). The molecule has 2 heterocycles. The number of aromatic nitrogens is 2. The Morgan fingerprint density at radius 2 is 1.93 bits per heavy atom. The van der Waals surface area contributed by atoms with Crippen LogP contribution in [-0.4, -0.2) is 48.2 Å². The molecule has 0 bridgehead atoms. The van der Waals surface area contributed by atoms with Crippen molar-refractivity contribution in [1.29, 1.82) is 0 Å². The molecule has 0 saturated carbocycles. The van der Waals surface area contributed by atoms with Crippen molar-refractivity contribution in [3.63, 3.8) is 0 Å². The summed E-state index contributed by atoms with van der Waals surface area (Å²) >= 11 is 0. The topological polar surface area (TPSA) is 123 Å². The molecule has 1 aliphatic rings. The highest BCUT2D eigenvalue weighted by Crippen LogP contribution is 2.25. The van der Waals surface area contributed by atoms with E-state index < -0.39 is 17.9 Å². The smallest absolute Gasteiger partial charge is 0.437 e. The number of guanidine groups is 1. The van der Waals surface area contributed by atoms with Gasteiger partial charge < -0.3 is 26.0 Å². The van der Waals surface area contributed by atoms with Crippen LogP contribution in [0.15, 0.2) is 35.5 Å². The second-order valence-corrected chi connectivity index (χ2v) is 6.28. The Bertz CT molecular complexity index is 878. The number of piperazine rings is 1. The number of ether oxygens (including phenoxy) is 1. The van der Waals surface area contributed by atoms with Crippen LogP contribution in [0.4, 0.5) is 20.7 Å². The molecule has 0 aliphatic carbocycles. The van der Waals surface area contributed by atoms with Crippen LogP contribution >= 0.6 is 0 Å². The fraction of sp³-hybridized carbons (Fsp3) is 0.333. The number of amides is 1. The molecule has 1 amide bonds. The molecule has 1 saturated heterocycles. The van der Waals surface area contributed by atoms with E-state index in [1.807, 2.05) is 17.9 Å². The predicted octanol–water partition coefficient (Wildman–Crippen LogP) is 1.16. The summed E-state index contributed by atoms with van der Waals surface area (Å²) < 4.78 is 19.8. The van der Waals surface area contributed by atoms with Gasteiger partial charge in [0.2, 0.25) is 0 Å². The Labute approximate surface area is 161 Å². The minimum Gasteiger partial charge on any atom is -0.443 e. The molecule has 1 aliphatic heterocycles. The lowest BCUT2D eigenvalue weighted by Crippen LogP contribution is -2.47. The summed E-state index contributed by atoms with van der Waals surface area (Å²) in [6, 6.07) is 6.86. The molecular formula is C18H22FN7O2. The number of benzene rings is 1. The van der Waals surface area contributed by atoms with E-state index >= 15 is 0 Å². The highest BCUT2D eigenvalue weighted by atomic mass is 19.1. The van der Waals surface area contributed by atoms with Crippen molar-refractivity contribution >= 4 is 23.6 Å². The fourth-order valence-corrected chi connectivity index (χ4v) is 3.00. The zero-order valence-electron chi connectivity index (χ0n) is 15.5. The standard InChI is InChI=1S/C18H22FN7O2/c1-12-22-6-5-15(23-12)26-9-7-25(8-10-26)14-4-2-3-13(16(14)19)11-28-18(27)24-17(20)21/h2-6H,7-11H2,1H3,(H4,20,21,24,27). The van der Waals surface area contributed by atoms with E-state index in [9.17, 15) is 9.18 Å². The Kier molecular flexibility index (Phi) is 5.87. The maximum absolute atomic E-state index is 14.9. The van der Waals surface area contributed by atoms with Gasteiger partial charge in [-0.3, -0.25) is 0 Å². The molecule has 9 nitrogen and oxygen atoms in total. The van der Waals surface area contributed by atoms with Crippen LogP contribution in [-0.2, 0) is 11.3 Å². The van der Waals surface area contributed by atoms with Crippen molar-refractivity contribution in [2.75, 3.05) is 36.0 Å². The molecule has 0 radical (unpaired) electrons. The number of aliphatic imine (C=N–C) groups is 1. The first-order chi connectivity index (χ1) is 13.4. The third-order valence-electron chi connectivity index (χ3n) is 4.34. The average molecular weight is 387 g/mol. The van der Waals surface area contributed by atoms with Crippen molar-refractivity contribution in [3.05, 3.63) is 47.7 Å². The van der Waals surface area contributed by atoms with Gasteiger partial charge in [0.25, 0.3) is 0 Å². The minimum atomic E-state index is -0.960. The van der Waals surface area contributed by atoms with E-state index in [0.29, 0.717) is 37.7 Å². The third-order valence-corrected chi connectivity index (χ3v) is 4.34. The number of hydrogen-bond acceptors (Lipinski definition) is 6. The number of rotatable bonds is 4. The first kappa shape index (κ1) is 19.3. The molecule has 2 aromatic rings. The summed E-state index contributed by atoms with van der Waals surface area (Å²) in [7, 11) is 0. The maximum atomic E-state index is 14.9. The largest absolute Gasteiger partial charge is 0.443 e. The third kappa shape index (κ3) is 4.64. The van der Waals surface area contributed by atoms with E-state index in [1.165, 1.54) is 0 Å². The number of nitrogens with zero attached hydrogens (tertiary/aromatic N) is 5. The van der Waals surface area contributed by atoms with E-state index in [-0.39, 0.29) is 12.2 Å². The second kappa shape index (κ2) is 8.51. The summed E-state index contributed by atoms with van der Waals surface area (Å²) in [6.07, 6.45) is 0.773. The molecule has 1 fully saturated rings. The number of halogens is 1. The van der Waals surface area contributed by atoms with Crippen LogP contribution in [0.5, 0.6) is 0 Å². The average Bonchev–Trinajstić information content (AvgIpc) is 2.67. The van der Waals surface area contributed by atoms with Crippen LogP contribution in [0, 0.1) is 12.7 Å². The number of aryl methyl sites for hydroxylation is 1. The van der Waals surface area contributed by atoms with Gasteiger partial charge >= 0.3 is 6.09 Å². The lowest BCUT2D eigenvalue weighted by atomic mass is 10.1. The van der Waals surface area contributed by atoms with Gasteiger partial charge in [-0.2, -0.15) is 0 Å². The van der Waals surface area contributed by atoms with Gasteiger partial charge in [0, 0.05) is 37.9 Å². The van der Waals surface area contributed by atoms with E-state index in [1.54, 1.807) is 24.4 Å². The molecule has 0 atom stereocenters. The van der Waals surface area contributed by atoms with Crippen molar-refractivity contribution in [1.82, 2.24) is 9.97 Å². The van der Waals surface area contributed by atoms with Gasteiger partial charge in [-0.25, -0.2) is 19.2 Å². The minimum absolute atomic E-state index is 0.255. The Balaban J connectivity index is 1.65. The second-order valence-electron chi connectivity index (χ2n) is 6.28. The van der Waals surface area contributed by atoms with Gasteiger partial charge in [-0.15, -0.1) is 4.99 Å². The van der Waals surface area contributed by atoms with Crippen molar-refractivity contribution in [3.8, 4) is 0 Å². The summed E-state index contributed by atoms with van der Waals surface area (Å²) in [4.78, 5) is 27.3. The SMILES string of the molecule is Cc1nccc(N2CCN(c3cccc(COC(=O)N=C(N)N)c3F)CC2)n1. The lowest BCUT2D eigenvalue weighted by molar-refractivity contribution is 0.149. The zero-order valence-corrected chi connectivity index (χ0v) is 15.5. The molecule has 0 unspecified atom stereocenters. The lowest BCUT2D eigenvalue weighted by Gasteiger charge is -2.37. The Hall–Kier alpha value is -3.43. The van der Waals surface area contributed by atoms with Crippen LogP contribution < -0.4 is 21.3 Å². The van der Waals surface area contributed by atoms with Crippen molar-refractivity contribution in [2.24, 2.45) is 16.5 Å². The number of anilines is 2. The Morgan fingerprint density at radius 1 is 1.21 bits per heavy atom. The molecule has 10 heteroatoms. The van der Waals surface area contributed by atoms with Crippen LogP contribution in [0.3, 0.4) is 0 Å². The first-order valence-electron chi connectivity index (χ1n) is 8.77. The predicted molar refractivity (Wildman–Crippen MR) is 104 cm³/mol. The molecule has 148 valence electrons. The molecule has 28 heavy (non-hydrogen) atoms. The molecule has 1 aromatic carbocycles. The zero-order chi connectivity index (χ0) is 20.1. The molecule has 0 spiro atoms. The van der Waals surface area contributed by atoms with Gasteiger partial charge in [0.05, 0.1) is 5.69 Å². The van der Waals surface area contributed by atoms with Gasteiger partial charge in [0.1, 0.15) is 18.2 Å². The van der Waals surface area contributed by atoms with Gasteiger partial charge in [0.15, 0.2) is 11.8 Å². The summed E-state index contributed by atoms with van der Waals surface area (Å²) in [5.41, 5.74) is 10.9. The van der Waals surface area contributed by atoms with Crippen molar-refractivity contribution < 1.29 is 13.9 Å². The summed E-state index contributed by atoms with van der Waals surface area (Å²) in [5, 5.41) is 0. The number of nitrogens with two attached hydrogens (primary N) is 2. The van der Waals surface area contributed by atoms with E-state index in [2.05, 4.69) is 19.9 Å². The summed E-state index contributed by atoms with van der Waals surface area (Å²) in [5.74, 6) is 0.754. The molecule has 1 aromatic heterocycles. The van der Waals surface area contributed by atoms with Gasteiger partial charge in [-0.05, 0) is 19.1 Å². The Morgan fingerprint density at radius 3 is 2.61 bits per heavy atom.